The topological polar surface area (TPSA) is 12.0 Å². The highest BCUT2D eigenvalue weighted by Gasteiger charge is 2.16. The van der Waals surface area contributed by atoms with Crippen LogP contribution in [0.2, 0.25) is 10.0 Å². The molecule has 1 nitrogen and oxygen atoms in total. The summed E-state index contributed by atoms with van der Waals surface area (Å²) >= 11 is 15.9. The van der Waals surface area contributed by atoms with Crippen molar-refractivity contribution in [3.8, 4) is 0 Å². The van der Waals surface area contributed by atoms with E-state index in [0.717, 1.165) is 28.0 Å². The van der Waals surface area contributed by atoms with Crippen LogP contribution in [0.15, 0.2) is 46.9 Å². The third kappa shape index (κ3) is 3.98. The fraction of sp³-hybridized carbons (Fsp3) is 0.250. The van der Waals surface area contributed by atoms with Gasteiger partial charge in [0, 0.05) is 14.5 Å². The monoisotopic (exact) mass is 371 g/mol. The van der Waals surface area contributed by atoms with Gasteiger partial charge in [-0.05, 0) is 54.4 Å². The fourth-order valence-electron chi connectivity index (χ4n) is 2.09. The molecule has 0 aliphatic carbocycles. The van der Waals surface area contributed by atoms with E-state index in [1.54, 1.807) is 0 Å². The van der Waals surface area contributed by atoms with Crippen molar-refractivity contribution in [1.29, 1.82) is 0 Å². The van der Waals surface area contributed by atoms with Crippen molar-refractivity contribution in [3.63, 3.8) is 0 Å². The Bertz CT molecular complexity index is 569. The zero-order valence-corrected chi connectivity index (χ0v) is 14.3. The van der Waals surface area contributed by atoms with Gasteiger partial charge >= 0.3 is 0 Å². The molecule has 1 atom stereocenters. The SMILES string of the molecule is CCCNC(c1ccc(Br)cc1)c1cc(Cl)ccc1Cl. The number of halogens is 3. The van der Waals surface area contributed by atoms with E-state index in [9.17, 15) is 0 Å². The standard InChI is InChI=1S/C16H16BrCl2N/c1-2-9-20-16(11-3-5-12(17)6-4-11)14-10-13(18)7-8-15(14)19/h3-8,10,16,20H,2,9H2,1H3. The second-order valence-corrected chi connectivity index (χ2v) is 6.36. The van der Waals surface area contributed by atoms with Crippen LogP contribution < -0.4 is 5.32 Å². The van der Waals surface area contributed by atoms with Gasteiger partial charge in [-0.15, -0.1) is 0 Å². The lowest BCUT2D eigenvalue weighted by atomic mass is 9.98. The molecular formula is C16H16BrCl2N. The molecule has 20 heavy (non-hydrogen) atoms. The minimum absolute atomic E-state index is 0.0502. The highest BCUT2D eigenvalue weighted by molar-refractivity contribution is 9.10. The van der Waals surface area contributed by atoms with E-state index in [0.29, 0.717) is 5.02 Å². The van der Waals surface area contributed by atoms with Crippen LogP contribution in [0, 0.1) is 0 Å². The Balaban J connectivity index is 2.41. The number of nitrogens with one attached hydrogen (secondary N) is 1. The number of hydrogen-bond acceptors (Lipinski definition) is 1. The zero-order valence-electron chi connectivity index (χ0n) is 11.2. The Labute approximate surface area is 138 Å². The largest absolute Gasteiger partial charge is 0.306 e. The van der Waals surface area contributed by atoms with Crippen molar-refractivity contribution in [3.05, 3.63) is 68.1 Å². The highest BCUT2D eigenvalue weighted by atomic mass is 79.9. The first-order valence-electron chi connectivity index (χ1n) is 6.55. The van der Waals surface area contributed by atoms with E-state index in [2.05, 4.69) is 40.3 Å². The average Bonchev–Trinajstić information content (AvgIpc) is 2.44. The molecule has 2 rings (SSSR count). The molecule has 0 heterocycles. The van der Waals surface area contributed by atoms with E-state index in [-0.39, 0.29) is 6.04 Å². The third-order valence-electron chi connectivity index (χ3n) is 3.07. The summed E-state index contributed by atoms with van der Waals surface area (Å²) in [6, 6.07) is 13.9. The molecule has 0 fully saturated rings. The van der Waals surface area contributed by atoms with E-state index >= 15 is 0 Å². The van der Waals surface area contributed by atoms with E-state index < -0.39 is 0 Å². The molecule has 0 radical (unpaired) electrons. The normalized spacial score (nSPS) is 12.4. The molecule has 0 aromatic heterocycles. The third-order valence-corrected chi connectivity index (χ3v) is 4.18. The summed E-state index contributed by atoms with van der Waals surface area (Å²) in [7, 11) is 0. The van der Waals surface area contributed by atoms with E-state index in [1.807, 2.05) is 30.3 Å². The predicted molar refractivity (Wildman–Crippen MR) is 90.7 cm³/mol. The second-order valence-electron chi connectivity index (χ2n) is 4.60. The maximum Gasteiger partial charge on any atom is 0.0592 e. The van der Waals surface area contributed by atoms with Crippen LogP contribution in [-0.2, 0) is 0 Å². The number of hydrogen-bond donors (Lipinski definition) is 1. The molecule has 1 unspecified atom stereocenters. The lowest BCUT2D eigenvalue weighted by Crippen LogP contribution is -2.23. The van der Waals surface area contributed by atoms with Crippen LogP contribution in [0.1, 0.15) is 30.5 Å². The fourth-order valence-corrected chi connectivity index (χ4v) is 2.76. The highest BCUT2D eigenvalue weighted by Crippen LogP contribution is 2.31. The number of benzene rings is 2. The van der Waals surface area contributed by atoms with Gasteiger partial charge in [0.2, 0.25) is 0 Å². The number of rotatable bonds is 5. The van der Waals surface area contributed by atoms with Gasteiger partial charge < -0.3 is 5.32 Å². The molecule has 0 spiro atoms. The van der Waals surface area contributed by atoms with Gasteiger partial charge in [0.05, 0.1) is 6.04 Å². The minimum Gasteiger partial charge on any atom is -0.306 e. The van der Waals surface area contributed by atoms with Gasteiger partial charge in [0.15, 0.2) is 0 Å². The Morgan fingerprint density at radius 2 is 1.80 bits per heavy atom. The van der Waals surface area contributed by atoms with Crippen molar-refractivity contribution >= 4 is 39.1 Å². The van der Waals surface area contributed by atoms with Gasteiger partial charge in [-0.3, -0.25) is 0 Å². The van der Waals surface area contributed by atoms with Crippen molar-refractivity contribution < 1.29 is 0 Å². The molecular weight excluding hydrogens is 357 g/mol. The summed E-state index contributed by atoms with van der Waals surface area (Å²) in [5.41, 5.74) is 2.18. The van der Waals surface area contributed by atoms with Crippen molar-refractivity contribution in [2.45, 2.75) is 19.4 Å². The summed E-state index contributed by atoms with van der Waals surface area (Å²) in [6.45, 7) is 3.06. The maximum absolute atomic E-state index is 6.34. The van der Waals surface area contributed by atoms with Gasteiger partial charge in [-0.1, -0.05) is 58.2 Å². The summed E-state index contributed by atoms with van der Waals surface area (Å²) in [5, 5.41) is 4.96. The molecule has 0 aliphatic heterocycles. The quantitative estimate of drug-likeness (QED) is 0.694. The molecule has 106 valence electrons. The predicted octanol–water partition coefficient (Wildman–Crippen LogP) is 5.84. The van der Waals surface area contributed by atoms with Crippen LogP contribution in [-0.4, -0.2) is 6.54 Å². The molecule has 1 N–H and O–H groups in total. The summed E-state index contributed by atoms with van der Waals surface area (Å²) in [5.74, 6) is 0. The Morgan fingerprint density at radius 1 is 1.10 bits per heavy atom. The molecule has 0 saturated heterocycles. The Morgan fingerprint density at radius 3 is 2.45 bits per heavy atom. The maximum atomic E-state index is 6.34. The van der Waals surface area contributed by atoms with Crippen molar-refractivity contribution in [2.75, 3.05) is 6.54 Å². The lowest BCUT2D eigenvalue weighted by Gasteiger charge is -2.21. The molecule has 0 amide bonds. The molecule has 2 aromatic carbocycles. The van der Waals surface area contributed by atoms with Crippen molar-refractivity contribution in [1.82, 2.24) is 5.32 Å². The van der Waals surface area contributed by atoms with E-state index in [4.69, 9.17) is 23.2 Å². The smallest absolute Gasteiger partial charge is 0.0592 e. The molecule has 0 saturated carbocycles. The molecule has 2 aromatic rings. The first kappa shape index (κ1) is 15.8. The summed E-state index contributed by atoms with van der Waals surface area (Å²) in [4.78, 5) is 0. The Kier molecular flexibility index (Phi) is 5.91. The zero-order chi connectivity index (χ0) is 14.5. The molecule has 0 bridgehead atoms. The van der Waals surface area contributed by atoms with Crippen LogP contribution in [0.25, 0.3) is 0 Å². The first-order chi connectivity index (χ1) is 9.61. The molecule has 4 heteroatoms. The first-order valence-corrected chi connectivity index (χ1v) is 8.10. The van der Waals surface area contributed by atoms with Gasteiger partial charge in [0.1, 0.15) is 0 Å². The van der Waals surface area contributed by atoms with Crippen molar-refractivity contribution in [2.24, 2.45) is 0 Å². The van der Waals surface area contributed by atoms with Crippen LogP contribution in [0.4, 0.5) is 0 Å². The van der Waals surface area contributed by atoms with E-state index in [1.165, 1.54) is 5.56 Å². The van der Waals surface area contributed by atoms with Crippen LogP contribution in [0.3, 0.4) is 0 Å². The lowest BCUT2D eigenvalue weighted by molar-refractivity contribution is 0.599. The Hall–Kier alpha value is -0.540. The van der Waals surface area contributed by atoms with Gasteiger partial charge in [-0.25, -0.2) is 0 Å². The summed E-state index contributed by atoms with van der Waals surface area (Å²) < 4.78 is 1.06. The molecule has 0 aliphatic rings. The second kappa shape index (κ2) is 7.46. The average molecular weight is 373 g/mol. The van der Waals surface area contributed by atoms with Gasteiger partial charge in [-0.2, -0.15) is 0 Å². The summed E-state index contributed by atoms with van der Waals surface area (Å²) in [6.07, 6.45) is 1.06. The van der Waals surface area contributed by atoms with Gasteiger partial charge in [0.25, 0.3) is 0 Å². The van der Waals surface area contributed by atoms with Crippen LogP contribution >= 0.6 is 39.1 Å². The van der Waals surface area contributed by atoms with Crippen LogP contribution in [0.5, 0.6) is 0 Å². The minimum atomic E-state index is 0.0502.